The fourth-order valence-corrected chi connectivity index (χ4v) is 1.58. The Morgan fingerprint density at radius 3 is 2.75 bits per heavy atom. The van der Waals surface area contributed by atoms with Gasteiger partial charge in [0.05, 0.1) is 12.7 Å². The Hall–Kier alpha value is -2.30. The first kappa shape index (κ1) is 10.2. The lowest BCUT2D eigenvalue weighted by Crippen LogP contribution is -2.09. The van der Waals surface area contributed by atoms with Gasteiger partial charge in [0, 0.05) is 22.7 Å². The first-order valence-corrected chi connectivity index (χ1v) is 4.63. The molecule has 0 aliphatic heterocycles. The van der Waals surface area contributed by atoms with E-state index in [1.165, 1.54) is 13.2 Å². The molecule has 0 saturated heterocycles. The molecule has 5 nitrogen and oxygen atoms in total. The van der Waals surface area contributed by atoms with E-state index in [0.29, 0.717) is 16.6 Å². The van der Waals surface area contributed by atoms with Crippen molar-refractivity contribution in [3.05, 3.63) is 40.2 Å². The Morgan fingerprint density at radius 1 is 1.31 bits per heavy atom. The number of nitrogen functional groups attached to an aromatic ring is 1. The molecule has 0 aliphatic carbocycles. The van der Waals surface area contributed by atoms with Crippen LogP contribution in [0.25, 0.3) is 10.9 Å². The molecule has 0 atom stereocenters. The Bertz CT molecular complexity index is 616. The number of methoxy groups -OCH3 is 1. The van der Waals surface area contributed by atoms with Crippen molar-refractivity contribution in [2.45, 2.75) is 0 Å². The molecule has 16 heavy (non-hydrogen) atoms. The topological polar surface area (TPSA) is 85.2 Å². The van der Waals surface area contributed by atoms with E-state index in [4.69, 9.17) is 5.73 Å². The maximum atomic E-state index is 11.5. The van der Waals surface area contributed by atoms with Crippen molar-refractivity contribution in [2.75, 3.05) is 12.8 Å². The smallest absolute Gasteiger partial charge is 0.340 e. The molecule has 0 radical (unpaired) electrons. The van der Waals surface area contributed by atoms with Gasteiger partial charge in [-0.15, -0.1) is 0 Å². The number of ether oxygens (including phenoxy) is 1. The average molecular weight is 218 g/mol. The number of nitrogens with two attached hydrogens (primary N) is 1. The fraction of sp³-hybridized carbons (Fsp3) is 0.0909. The number of nitrogens with one attached hydrogen (secondary N) is 1. The Labute approximate surface area is 90.8 Å². The zero-order valence-electron chi connectivity index (χ0n) is 8.61. The van der Waals surface area contributed by atoms with E-state index in [0.717, 1.165) is 0 Å². The van der Waals surface area contributed by atoms with Crippen LogP contribution < -0.4 is 11.3 Å². The highest BCUT2D eigenvalue weighted by Gasteiger charge is 2.14. The van der Waals surface area contributed by atoms with Crippen LogP contribution in [-0.4, -0.2) is 18.1 Å². The monoisotopic (exact) mass is 218 g/mol. The van der Waals surface area contributed by atoms with Gasteiger partial charge in [0.15, 0.2) is 0 Å². The van der Waals surface area contributed by atoms with Crippen LogP contribution in [-0.2, 0) is 4.74 Å². The third kappa shape index (κ3) is 1.52. The summed E-state index contributed by atoms with van der Waals surface area (Å²) in [6.45, 7) is 0. The molecule has 2 rings (SSSR count). The van der Waals surface area contributed by atoms with E-state index >= 15 is 0 Å². The first-order valence-electron chi connectivity index (χ1n) is 4.63. The summed E-state index contributed by atoms with van der Waals surface area (Å²) in [5.74, 6) is -0.518. The number of rotatable bonds is 1. The Balaban J connectivity index is 2.84. The molecule has 0 fully saturated rings. The van der Waals surface area contributed by atoms with Crippen molar-refractivity contribution in [1.29, 1.82) is 0 Å². The highest BCUT2D eigenvalue weighted by atomic mass is 16.5. The molecule has 1 aromatic carbocycles. The molecule has 0 saturated carbocycles. The second-order valence-electron chi connectivity index (χ2n) is 3.31. The summed E-state index contributed by atoms with van der Waals surface area (Å²) in [5, 5.41) is 0.575. The molecule has 3 N–H and O–H groups in total. The number of carbonyl (C=O) groups is 1. The number of esters is 1. The van der Waals surface area contributed by atoms with Crippen molar-refractivity contribution in [2.24, 2.45) is 0 Å². The summed E-state index contributed by atoms with van der Waals surface area (Å²) in [4.78, 5) is 25.3. The van der Waals surface area contributed by atoms with E-state index < -0.39 is 5.97 Å². The van der Waals surface area contributed by atoms with Gasteiger partial charge in [-0.3, -0.25) is 4.79 Å². The Kier molecular flexibility index (Phi) is 2.36. The SMILES string of the molecule is COC(=O)c1c(N)ccc2[nH]c(=O)ccc12. The zero-order chi connectivity index (χ0) is 11.7. The van der Waals surface area contributed by atoms with Crippen molar-refractivity contribution in [1.82, 2.24) is 4.98 Å². The van der Waals surface area contributed by atoms with Gasteiger partial charge < -0.3 is 15.5 Å². The van der Waals surface area contributed by atoms with E-state index in [-0.39, 0.29) is 11.1 Å². The minimum Gasteiger partial charge on any atom is -0.465 e. The predicted octanol–water partition coefficient (Wildman–Crippen LogP) is 0.897. The average Bonchev–Trinajstić information content (AvgIpc) is 2.28. The number of aromatic amines is 1. The highest BCUT2D eigenvalue weighted by molar-refractivity contribution is 6.08. The lowest BCUT2D eigenvalue weighted by molar-refractivity contribution is 0.0604. The summed E-state index contributed by atoms with van der Waals surface area (Å²) < 4.78 is 4.64. The molecule has 0 aliphatic rings. The van der Waals surface area contributed by atoms with Crippen LogP contribution in [0.5, 0.6) is 0 Å². The van der Waals surface area contributed by atoms with Gasteiger partial charge >= 0.3 is 5.97 Å². The van der Waals surface area contributed by atoms with Gasteiger partial charge in [0.1, 0.15) is 0 Å². The highest BCUT2D eigenvalue weighted by Crippen LogP contribution is 2.22. The Morgan fingerprint density at radius 2 is 2.06 bits per heavy atom. The number of H-pyrrole nitrogens is 1. The minimum absolute atomic E-state index is 0.229. The van der Waals surface area contributed by atoms with Gasteiger partial charge in [-0.1, -0.05) is 0 Å². The van der Waals surface area contributed by atoms with E-state index in [1.54, 1.807) is 18.2 Å². The summed E-state index contributed by atoms with van der Waals surface area (Å²) in [6, 6.07) is 6.11. The van der Waals surface area contributed by atoms with Crippen molar-refractivity contribution < 1.29 is 9.53 Å². The van der Waals surface area contributed by atoms with Gasteiger partial charge in [-0.25, -0.2) is 4.79 Å². The number of aromatic nitrogens is 1. The summed E-state index contributed by atoms with van der Waals surface area (Å²) in [7, 11) is 1.28. The summed E-state index contributed by atoms with van der Waals surface area (Å²) in [6.07, 6.45) is 0. The second kappa shape index (κ2) is 3.69. The second-order valence-corrected chi connectivity index (χ2v) is 3.31. The number of benzene rings is 1. The molecular formula is C11H10N2O3. The normalized spacial score (nSPS) is 10.3. The van der Waals surface area contributed by atoms with E-state index in [2.05, 4.69) is 9.72 Å². The molecule has 1 heterocycles. The van der Waals surface area contributed by atoms with Gasteiger partial charge in [0.25, 0.3) is 0 Å². The quantitative estimate of drug-likeness (QED) is 0.550. The minimum atomic E-state index is -0.518. The van der Waals surface area contributed by atoms with Crippen LogP contribution in [0.3, 0.4) is 0 Å². The number of pyridine rings is 1. The van der Waals surface area contributed by atoms with Gasteiger partial charge in [-0.05, 0) is 18.2 Å². The van der Waals surface area contributed by atoms with Crippen molar-refractivity contribution in [3.63, 3.8) is 0 Å². The molecule has 0 amide bonds. The number of carbonyl (C=O) groups excluding carboxylic acids is 1. The maximum absolute atomic E-state index is 11.5. The summed E-state index contributed by atoms with van der Waals surface area (Å²) in [5.41, 5.74) is 6.64. The molecule has 0 spiro atoms. The fourth-order valence-electron chi connectivity index (χ4n) is 1.58. The molecule has 0 bridgehead atoms. The molecule has 1 aromatic heterocycles. The van der Waals surface area contributed by atoms with Crippen LogP contribution in [0.2, 0.25) is 0 Å². The van der Waals surface area contributed by atoms with Crippen molar-refractivity contribution in [3.8, 4) is 0 Å². The zero-order valence-corrected chi connectivity index (χ0v) is 8.61. The van der Waals surface area contributed by atoms with Crippen LogP contribution >= 0.6 is 0 Å². The largest absolute Gasteiger partial charge is 0.465 e. The third-order valence-corrected chi connectivity index (χ3v) is 2.33. The summed E-state index contributed by atoms with van der Waals surface area (Å²) >= 11 is 0. The van der Waals surface area contributed by atoms with Crippen LogP contribution in [0.15, 0.2) is 29.1 Å². The van der Waals surface area contributed by atoms with Crippen LogP contribution in [0.4, 0.5) is 5.69 Å². The number of hydrogen-bond acceptors (Lipinski definition) is 4. The number of anilines is 1. The molecule has 0 unspecified atom stereocenters. The lowest BCUT2D eigenvalue weighted by Gasteiger charge is -2.07. The first-order chi connectivity index (χ1) is 7.63. The van der Waals surface area contributed by atoms with Crippen LogP contribution in [0.1, 0.15) is 10.4 Å². The van der Waals surface area contributed by atoms with Gasteiger partial charge in [-0.2, -0.15) is 0 Å². The third-order valence-electron chi connectivity index (χ3n) is 2.33. The maximum Gasteiger partial charge on any atom is 0.340 e. The lowest BCUT2D eigenvalue weighted by atomic mass is 10.1. The van der Waals surface area contributed by atoms with Crippen molar-refractivity contribution >= 4 is 22.6 Å². The number of fused-ring (bicyclic) bond motifs is 1. The molecule has 82 valence electrons. The standard InChI is InChI=1S/C11H10N2O3/c1-16-11(15)10-6-2-5-9(14)13-8(6)4-3-7(10)12/h2-5H,12H2,1H3,(H,13,14). The van der Waals surface area contributed by atoms with Gasteiger partial charge in [0.2, 0.25) is 5.56 Å². The molecule has 5 heteroatoms. The van der Waals surface area contributed by atoms with E-state index in [1.807, 2.05) is 0 Å². The molecular weight excluding hydrogens is 208 g/mol. The number of hydrogen-bond donors (Lipinski definition) is 2. The molecule has 2 aromatic rings. The van der Waals surface area contributed by atoms with Crippen LogP contribution in [0, 0.1) is 0 Å². The predicted molar refractivity (Wildman–Crippen MR) is 60.3 cm³/mol. The van der Waals surface area contributed by atoms with E-state index in [9.17, 15) is 9.59 Å².